The Morgan fingerprint density at radius 2 is 1.94 bits per heavy atom. The first-order chi connectivity index (χ1) is 8.58. The van der Waals surface area contributed by atoms with E-state index in [-0.39, 0.29) is 5.28 Å². The number of hydrogen-bond donors (Lipinski definition) is 1. The molecule has 0 fully saturated rings. The van der Waals surface area contributed by atoms with Gasteiger partial charge in [0.15, 0.2) is 0 Å². The summed E-state index contributed by atoms with van der Waals surface area (Å²) in [4.78, 5) is 8.19. The molecule has 2 N–H and O–H groups in total. The summed E-state index contributed by atoms with van der Waals surface area (Å²) in [6, 6.07) is 8.26. The highest BCUT2D eigenvalue weighted by molar-refractivity contribution is 7.98. The zero-order valence-electron chi connectivity index (χ0n) is 10.3. The molecule has 0 bridgehead atoms. The van der Waals surface area contributed by atoms with Crippen LogP contribution in [0.3, 0.4) is 0 Å². The Morgan fingerprint density at radius 3 is 2.67 bits per heavy atom. The van der Waals surface area contributed by atoms with Crippen molar-refractivity contribution in [2.75, 3.05) is 5.73 Å². The summed E-state index contributed by atoms with van der Waals surface area (Å²) >= 11 is 7.43. The Morgan fingerprint density at radius 1 is 1.22 bits per heavy atom. The van der Waals surface area contributed by atoms with E-state index in [9.17, 15) is 0 Å². The van der Waals surface area contributed by atoms with Crippen molar-refractivity contribution in [3.63, 3.8) is 0 Å². The molecule has 0 unspecified atom stereocenters. The molecule has 0 saturated carbocycles. The molecule has 0 aliphatic rings. The van der Waals surface area contributed by atoms with Crippen LogP contribution < -0.4 is 5.73 Å². The van der Waals surface area contributed by atoms with Crippen molar-refractivity contribution < 1.29 is 0 Å². The minimum atomic E-state index is 0.244. The van der Waals surface area contributed by atoms with E-state index in [1.807, 2.05) is 19.1 Å². The van der Waals surface area contributed by atoms with Gasteiger partial charge in [-0.2, -0.15) is 0 Å². The average molecular weight is 280 g/mol. The highest BCUT2D eigenvalue weighted by Crippen LogP contribution is 2.29. The van der Waals surface area contributed by atoms with E-state index in [1.54, 1.807) is 11.8 Å². The number of aromatic nitrogens is 2. The largest absolute Gasteiger partial charge is 0.395 e. The number of anilines is 1. The molecule has 0 amide bonds. The topological polar surface area (TPSA) is 51.8 Å². The van der Waals surface area contributed by atoms with Gasteiger partial charge in [0.25, 0.3) is 0 Å². The maximum Gasteiger partial charge on any atom is 0.223 e. The third kappa shape index (κ3) is 2.94. The predicted octanol–water partition coefficient (Wildman–Crippen LogP) is 3.62. The van der Waals surface area contributed by atoms with Gasteiger partial charge in [0.05, 0.1) is 11.4 Å². The van der Waals surface area contributed by atoms with Gasteiger partial charge in [-0.05, 0) is 36.6 Å². The summed E-state index contributed by atoms with van der Waals surface area (Å²) in [7, 11) is 0. The predicted molar refractivity (Wildman–Crippen MR) is 76.9 cm³/mol. The quantitative estimate of drug-likeness (QED) is 0.530. The van der Waals surface area contributed by atoms with Gasteiger partial charge in [0.1, 0.15) is 5.03 Å². The lowest BCUT2D eigenvalue weighted by Crippen LogP contribution is -1.99. The Balaban J connectivity index is 2.18. The second kappa shape index (κ2) is 5.59. The van der Waals surface area contributed by atoms with Gasteiger partial charge in [-0.25, -0.2) is 9.97 Å². The summed E-state index contributed by atoms with van der Waals surface area (Å²) < 4.78 is 0. The van der Waals surface area contributed by atoms with Crippen LogP contribution in [-0.2, 0) is 5.75 Å². The van der Waals surface area contributed by atoms with Gasteiger partial charge in [0.2, 0.25) is 5.28 Å². The van der Waals surface area contributed by atoms with E-state index < -0.39 is 0 Å². The number of hydrogen-bond acceptors (Lipinski definition) is 4. The monoisotopic (exact) mass is 279 g/mol. The van der Waals surface area contributed by atoms with Crippen molar-refractivity contribution in [3.8, 4) is 0 Å². The number of benzene rings is 1. The third-order valence-corrected chi connectivity index (χ3v) is 3.91. The molecule has 0 atom stereocenters. The Labute approximate surface area is 116 Å². The molecule has 0 aliphatic carbocycles. The maximum atomic E-state index is 5.95. The van der Waals surface area contributed by atoms with Gasteiger partial charge in [-0.15, -0.1) is 0 Å². The fourth-order valence-electron chi connectivity index (χ4n) is 1.55. The molecule has 0 radical (unpaired) electrons. The lowest BCUT2D eigenvalue weighted by atomic mass is 10.1. The van der Waals surface area contributed by atoms with Gasteiger partial charge in [0, 0.05) is 5.75 Å². The van der Waals surface area contributed by atoms with Crippen LogP contribution in [0.4, 0.5) is 5.69 Å². The average Bonchev–Trinajstić information content (AvgIpc) is 2.33. The molecule has 0 spiro atoms. The molecule has 3 nitrogen and oxygen atoms in total. The van der Waals surface area contributed by atoms with Crippen molar-refractivity contribution in [1.29, 1.82) is 0 Å². The number of nitrogen functional groups attached to an aromatic ring is 1. The first kappa shape index (κ1) is 13.2. The number of thioether (sulfide) groups is 1. The Bertz CT molecular complexity index is 572. The smallest absolute Gasteiger partial charge is 0.223 e. The van der Waals surface area contributed by atoms with E-state index in [4.69, 9.17) is 17.3 Å². The highest BCUT2D eigenvalue weighted by atomic mass is 35.5. The molecule has 1 aromatic carbocycles. The summed E-state index contributed by atoms with van der Waals surface area (Å²) in [5.41, 5.74) is 9.82. The fourth-order valence-corrected chi connectivity index (χ4v) is 2.88. The normalized spacial score (nSPS) is 10.6. The molecule has 1 heterocycles. The van der Waals surface area contributed by atoms with Crippen LogP contribution in [0.5, 0.6) is 0 Å². The number of rotatable bonds is 3. The second-order valence-corrected chi connectivity index (χ2v) is 5.31. The van der Waals surface area contributed by atoms with Crippen molar-refractivity contribution in [2.24, 2.45) is 0 Å². The van der Waals surface area contributed by atoms with Crippen LogP contribution in [-0.4, -0.2) is 9.97 Å². The first-order valence-electron chi connectivity index (χ1n) is 5.55. The minimum absolute atomic E-state index is 0.244. The lowest BCUT2D eigenvalue weighted by Gasteiger charge is -2.08. The summed E-state index contributed by atoms with van der Waals surface area (Å²) in [6.45, 7) is 3.93. The molecule has 18 heavy (non-hydrogen) atoms. The van der Waals surface area contributed by atoms with E-state index >= 15 is 0 Å². The minimum Gasteiger partial charge on any atom is -0.395 e. The highest BCUT2D eigenvalue weighted by Gasteiger charge is 2.09. The van der Waals surface area contributed by atoms with Crippen molar-refractivity contribution in [3.05, 3.63) is 46.4 Å². The second-order valence-electron chi connectivity index (χ2n) is 4.01. The van der Waals surface area contributed by atoms with Crippen LogP contribution in [0.1, 0.15) is 16.8 Å². The molecule has 1 aromatic heterocycles. The van der Waals surface area contributed by atoms with Crippen molar-refractivity contribution in [1.82, 2.24) is 9.97 Å². The van der Waals surface area contributed by atoms with E-state index in [0.29, 0.717) is 5.69 Å². The van der Waals surface area contributed by atoms with Crippen LogP contribution in [0.25, 0.3) is 0 Å². The number of nitrogens with zero attached hydrogens (tertiary/aromatic N) is 2. The third-order valence-electron chi connectivity index (χ3n) is 2.70. The lowest BCUT2D eigenvalue weighted by molar-refractivity contribution is 1.02. The van der Waals surface area contributed by atoms with Gasteiger partial charge in [-0.1, -0.05) is 36.0 Å². The zero-order chi connectivity index (χ0) is 13.1. The van der Waals surface area contributed by atoms with Gasteiger partial charge < -0.3 is 5.73 Å². The molecule has 5 heteroatoms. The molecule has 2 rings (SSSR count). The molecular formula is C13H14ClN3S. The van der Waals surface area contributed by atoms with Gasteiger partial charge in [-0.3, -0.25) is 0 Å². The molecule has 2 aromatic rings. The molecule has 94 valence electrons. The van der Waals surface area contributed by atoms with Crippen molar-refractivity contribution >= 4 is 29.1 Å². The summed E-state index contributed by atoms with van der Waals surface area (Å²) in [6.07, 6.45) is 0. The fraction of sp³-hybridized carbons (Fsp3) is 0.231. The Kier molecular flexibility index (Phi) is 4.09. The SMILES string of the molecule is Cc1ccccc1CSc1nc(Cl)nc(C)c1N. The Hall–Kier alpha value is -1.26. The summed E-state index contributed by atoms with van der Waals surface area (Å²) in [5.74, 6) is 0.823. The van der Waals surface area contributed by atoms with Crippen LogP contribution in [0.2, 0.25) is 5.28 Å². The standard InChI is InChI=1S/C13H14ClN3S/c1-8-5-3-4-6-10(8)7-18-12-11(15)9(2)16-13(14)17-12/h3-6H,7,15H2,1-2H3. The number of nitrogens with two attached hydrogens (primary N) is 1. The first-order valence-corrected chi connectivity index (χ1v) is 6.91. The van der Waals surface area contributed by atoms with E-state index in [1.165, 1.54) is 11.1 Å². The molecule has 0 aliphatic heterocycles. The van der Waals surface area contributed by atoms with E-state index in [2.05, 4.69) is 29.0 Å². The number of aryl methyl sites for hydroxylation is 2. The van der Waals surface area contributed by atoms with Crippen LogP contribution in [0.15, 0.2) is 29.3 Å². The zero-order valence-corrected chi connectivity index (χ0v) is 11.8. The summed E-state index contributed by atoms with van der Waals surface area (Å²) in [5, 5.41) is 0.990. The maximum absolute atomic E-state index is 5.95. The molecule has 0 saturated heterocycles. The number of halogens is 1. The van der Waals surface area contributed by atoms with Crippen molar-refractivity contribution in [2.45, 2.75) is 24.6 Å². The van der Waals surface area contributed by atoms with E-state index in [0.717, 1.165) is 16.5 Å². The van der Waals surface area contributed by atoms with Gasteiger partial charge >= 0.3 is 0 Å². The molecular weight excluding hydrogens is 266 g/mol. The van der Waals surface area contributed by atoms with Crippen LogP contribution in [0, 0.1) is 13.8 Å². The van der Waals surface area contributed by atoms with Crippen LogP contribution >= 0.6 is 23.4 Å².